The van der Waals surface area contributed by atoms with E-state index in [1.165, 1.54) is 5.56 Å². The smallest absolute Gasteiger partial charge is 0.189 e. The average molecular weight is 235 g/mol. The topological polar surface area (TPSA) is 32.9 Å². The van der Waals surface area contributed by atoms with Crippen molar-refractivity contribution >= 4 is 10.9 Å². The summed E-state index contributed by atoms with van der Waals surface area (Å²) in [4.78, 5) is 14.9. The van der Waals surface area contributed by atoms with Crippen LogP contribution in [0.4, 0.5) is 0 Å². The largest absolute Gasteiger partial charge is 0.361 e. The van der Waals surface area contributed by atoms with Gasteiger partial charge in [0.15, 0.2) is 5.43 Å². The Hall–Kier alpha value is -2.35. The Bertz CT molecular complexity index is 729. The molecule has 0 aliphatic heterocycles. The van der Waals surface area contributed by atoms with Crippen molar-refractivity contribution < 1.29 is 0 Å². The van der Waals surface area contributed by atoms with Crippen LogP contribution in [-0.2, 0) is 6.42 Å². The van der Waals surface area contributed by atoms with Gasteiger partial charge in [0.25, 0.3) is 0 Å². The average Bonchev–Trinajstić information content (AvgIpc) is 2.41. The van der Waals surface area contributed by atoms with Crippen LogP contribution in [0.3, 0.4) is 0 Å². The molecule has 2 aromatic carbocycles. The van der Waals surface area contributed by atoms with Gasteiger partial charge < -0.3 is 4.98 Å². The van der Waals surface area contributed by atoms with E-state index in [0.29, 0.717) is 0 Å². The van der Waals surface area contributed by atoms with Crippen molar-refractivity contribution in [3.8, 4) is 0 Å². The summed E-state index contributed by atoms with van der Waals surface area (Å²) in [6.45, 7) is 0. The Balaban J connectivity index is 2.13. The summed E-state index contributed by atoms with van der Waals surface area (Å²) >= 11 is 0. The molecule has 0 aliphatic rings. The third-order valence-corrected chi connectivity index (χ3v) is 3.12. The number of benzene rings is 2. The lowest BCUT2D eigenvalue weighted by molar-refractivity contribution is 1.19. The number of fused-ring (bicyclic) bond motifs is 1. The molecule has 0 saturated carbocycles. The van der Waals surface area contributed by atoms with Crippen LogP contribution in [-0.4, -0.2) is 4.98 Å². The molecular weight excluding hydrogens is 222 g/mol. The van der Waals surface area contributed by atoms with Crippen LogP contribution < -0.4 is 5.43 Å². The van der Waals surface area contributed by atoms with Gasteiger partial charge in [-0.3, -0.25) is 4.79 Å². The predicted octanol–water partition coefficient (Wildman–Crippen LogP) is 3.12. The highest BCUT2D eigenvalue weighted by Gasteiger charge is 2.04. The summed E-state index contributed by atoms with van der Waals surface area (Å²) in [7, 11) is 0. The van der Waals surface area contributed by atoms with Gasteiger partial charge in [0, 0.05) is 17.6 Å². The Morgan fingerprint density at radius 2 is 1.72 bits per heavy atom. The van der Waals surface area contributed by atoms with E-state index in [9.17, 15) is 4.79 Å². The third-order valence-electron chi connectivity index (χ3n) is 3.12. The van der Waals surface area contributed by atoms with Gasteiger partial charge >= 0.3 is 0 Å². The molecule has 0 radical (unpaired) electrons. The fraction of sp³-hybridized carbons (Fsp3) is 0.0625. The summed E-state index contributed by atoms with van der Waals surface area (Å²) in [5.41, 5.74) is 3.40. The monoisotopic (exact) mass is 235 g/mol. The van der Waals surface area contributed by atoms with E-state index >= 15 is 0 Å². The van der Waals surface area contributed by atoms with Crippen LogP contribution in [0.25, 0.3) is 10.9 Å². The van der Waals surface area contributed by atoms with E-state index in [1.807, 2.05) is 30.3 Å². The molecule has 0 aliphatic carbocycles. The zero-order valence-corrected chi connectivity index (χ0v) is 9.89. The first-order valence-electron chi connectivity index (χ1n) is 5.98. The minimum absolute atomic E-state index is 0.0682. The zero-order valence-electron chi connectivity index (χ0n) is 9.89. The quantitative estimate of drug-likeness (QED) is 0.727. The van der Waals surface area contributed by atoms with Crippen molar-refractivity contribution in [1.29, 1.82) is 0 Å². The molecule has 1 heterocycles. The second kappa shape index (κ2) is 4.49. The van der Waals surface area contributed by atoms with Gasteiger partial charge in [-0.05, 0) is 23.6 Å². The van der Waals surface area contributed by atoms with Crippen molar-refractivity contribution in [2.45, 2.75) is 6.42 Å². The molecular formula is C16H13NO. The molecule has 3 rings (SSSR count). The maximum Gasteiger partial charge on any atom is 0.189 e. The number of aromatic amines is 1. The van der Waals surface area contributed by atoms with E-state index in [2.05, 4.69) is 23.2 Å². The van der Waals surface area contributed by atoms with Crippen LogP contribution >= 0.6 is 0 Å². The third kappa shape index (κ3) is 1.93. The van der Waals surface area contributed by atoms with Gasteiger partial charge in [0.1, 0.15) is 0 Å². The second-order valence-corrected chi connectivity index (χ2v) is 4.34. The number of para-hydroxylation sites is 1. The highest BCUT2D eigenvalue weighted by atomic mass is 16.1. The van der Waals surface area contributed by atoms with Gasteiger partial charge in [-0.15, -0.1) is 0 Å². The molecule has 3 aromatic rings. The number of pyridine rings is 1. The standard InChI is InChI=1S/C16H13NO/c18-15-9-10-17-16-13(7-4-8-14(15)16)11-12-5-2-1-3-6-12/h1-10H,11H2,(H,17,18). The lowest BCUT2D eigenvalue weighted by Crippen LogP contribution is -2.02. The van der Waals surface area contributed by atoms with E-state index in [1.54, 1.807) is 12.3 Å². The van der Waals surface area contributed by atoms with Crippen molar-refractivity contribution in [1.82, 2.24) is 4.98 Å². The van der Waals surface area contributed by atoms with Gasteiger partial charge in [-0.2, -0.15) is 0 Å². The van der Waals surface area contributed by atoms with Crippen molar-refractivity contribution in [3.63, 3.8) is 0 Å². The van der Waals surface area contributed by atoms with Crippen LogP contribution in [0.5, 0.6) is 0 Å². The van der Waals surface area contributed by atoms with Crippen LogP contribution in [0.1, 0.15) is 11.1 Å². The zero-order chi connectivity index (χ0) is 12.4. The fourth-order valence-electron chi connectivity index (χ4n) is 2.23. The molecule has 2 heteroatoms. The van der Waals surface area contributed by atoms with Crippen molar-refractivity contribution in [2.75, 3.05) is 0 Å². The molecule has 18 heavy (non-hydrogen) atoms. The number of nitrogens with one attached hydrogen (secondary N) is 1. The van der Waals surface area contributed by atoms with Gasteiger partial charge in [0.2, 0.25) is 0 Å². The second-order valence-electron chi connectivity index (χ2n) is 4.34. The first-order valence-corrected chi connectivity index (χ1v) is 5.98. The summed E-state index contributed by atoms with van der Waals surface area (Å²) in [6.07, 6.45) is 2.54. The van der Waals surface area contributed by atoms with E-state index in [0.717, 1.165) is 22.9 Å². The normalized spacial score (nSPS) is 10.7. The van der Waals surface area contributed by atoms with Gasteiger partial charge in [-0.1, -0.05) is 42.5 Å². The number of aromatic nitrogens is 1. The molecule has 0 atom stereocenters. The number of hydrogen-bond acceptors (Lipinski definition) is 1. The van der Waals surface area contributed by atoms with E-state index < -0.39 is 0 Å². The van der Waals surface area contributed by atoms with E-state index in [-0.39, 0.29) is 5.43 Å². The van der Waals surface area contributed by atoms with Crippen LogP contribution in [0, 0.1) is 0 Å². The van der Waals surface area contributed by atoms with Crippen molar-refractivity contribution in [2.24, 2.45) is 0 Å². The minimum Gasteiger partial charge on any atom is -0.361 e. The molecule has 1 N–H and O–H groups in total. The fourth-order valence-corrected chi connectivity index (χ4v) is 2.23. The Morgan fingerprint density at radius 3 is 2.56 bits per heavy atom. The lowest BCUT2D eigenvalue weighted by atomic mass is 10.0. The highest BCUT2D eigenvalue weighted by molar-refractivity contribution is 5.81. The molecule has 2 nitrogen and oxygen atoms in total. The molecule has 0 fully saturated rings. The van der Waals surface area contributed by atoms with E-state index in [4.69, 9.17) is 0 Å². The highest BCUT2D eigenvalue weighted by Crippen LogP contribution is 2.16. The van der Waals surface area contributed by atoms with Crippen LogP contribution in [0.15, 0.2) is 65.6 Å². The molecule has 0 bridgehead atoms. The van der Waals surface area contributed by atoms with Crippen LogP contribution in [0.2, 0.25) is 0 Å². The maximum absolute atomic E-state index is 11.8. The molecule has 0 spiro atoms. The predicted molar refractivity (Wildman–Crippen MR) is 73.8 cm³/mol. The molecule has 1 aromatic heterocycles. The first-order chi connectivity index (χ1) is 8.84. The summed E-state index contributed by atoms with van der Waals surface area (Å²) < 4.78 is 0. The number of rotatable bonds is 2. The molecule has 0 unspecified atom stereocenters. The van der Waals surface area contributed by atoms with Crippen molar-refractivity contribution in [3.05, 3.63) is 82.1 Å². The first kappa shape index (κ1) is 10.8. The number of H-pyrrole nitrogens is 1. The minimum atomic E-state index is 0.0682. The summed E-state index contributed by atoms with van der Waals surface area (Å²) in [5, 5.41) is 0.755. The maximum atomic E-state index is 11.8. The SMILES string of the molecule is O=c1cc[nH]c2c(Cc3ccccc3)cccc12. The summed E-state index contributed by atoms with van der Waals surface area (Å²) in [5.74, 6) is 0. The summed E-state index contributed by atoms with van der Waals surface area (Å²) in [6, 6.07) is 17.7. The Kier molecular flexibility index (Phi) is 2.69. The molecule has 0 amide bonds. The van der Waals surface area contributed by atoms with Gasteiger partial charge in [0.05, 0.1) is 5.52 Å². The Labute approximate surface area is 105 Å². The molecule has 88 valence electrons. The van der Waals surface area contributed by atoms with Gasteiger partial charge in [-0.25, -0.2) is 0 Å². The lowest BCUT2D eigenvalue weighted by Gasteiger charge is -2.06. The molecule has 0 saturated heterocycles. The number of hydrogen-bond donors (Lipinski definition) is 1. The Morgan fingerprint density at radius 1 is 0.889 bits per heavy atom.